The van der Waals surface area contributed by atoms with E-state index in [0.717, 1.165) is 0 Å². The fraction of sp³-hybridized carbons (Fsp3) is 0.500. The van der Waals surface area contributed by atoms with Crippen LogP contribution in [0.5, 0.6) is 0 Å². The molecule has 0 saturated carbocycles. The van der Waals surface area contributed by atoms with Crippen LogP contribution < -0.4 is 31.3 Å². The van der Waals surface area contributed by atoms with Crippen molar-refractivity contribution in [3.05, 3.63) is 0 Å². The molecule has 0 aromatic rings. The van der Waals surface area contributed by atoms with Crippen molar-refractivity contribution in [2.45, 2.75) is 12.2 Å². The Morgan fingerprint density at radius 2 is 1.07 bits per heavy atom. The molecular formula is C4H6ClLiMnNiO6. The Bertz CT molecular complexity index is 154. The zero-order chi connectivity index (χ0) is 8.31. The first kappa shape index (κ1) is 29.3. The summed E-state index contributed by atoms with van der Waals surface area (Å²) in [6.45, 7) is 0. The van der Waals surface area contributed by atoms with E-state index in [9.17, 15) is 9.59 Å². The third-order valence-electron chi connectivity index (χ3n) is 0.805. The summed E-state index contributed by atoms with van der Waals surface area (Å²) in [6, 6.07) is 0. The minimum absolute atomic E-state index is 0. The number of aliphatic hydroxyl groups excluding tert-OH is 2. The van der Waals surface area contributed by atoms with E-state index in [2.05, 4.69) is 0 Å². The molecule has 0 aliphatic heterocycles. The maximum atomic E-state index is 9.77. The Morgan fingerprint density at radius 3 is 1.14 bits per heavy atom. The Hall–Kier alpha value is 0.760. The van der Waals surface area contributed by atoms with Crippen LogP contribution in [-0.4, -0.2) is 44.6 Å². The van der Waals surface area contributed by atoms with Gasteiger partial charge in [-0.3, -0.25) is 0 Å². The maximum absolute atomic E-state index is 9.77. The molecule has 0 fully saturated rings. The van der Waals surface area contributed by atoms with Crippen LogP contribution in [0.15, 0.2) is 0 Å². The number of halogens is 1. The number of rotatable bonds is 3. The monoisotopic (exact) mass is 305 g/mol. The van der Waals surface area contributed by atoms with Crippen molar-refractivity contribution in [3.8, 4) is 0 Å². The molecule has 0 spiro atoms. The average molecular weight is 306 g/mol. The van der Waals surface area contributed by atoms with Gasteiger partial charge >= 0.3 is 30.8 Å². The van der Waals surface area contributed by atoms with Crippen LogP contribution in [0.3, 0.4) is 0 Å². The molecule has 2 unspecified atom stereocenters. The smallest absolute Gasteiger partial charge is 1.00 e. The van der Waals surface area contributed by atoms with Gasteiger partial charge < -0.3 is 32.8 Å². The molecule has 0 bridgehead atoms. The molecule has 10 heteroatoms. The molecule has 83 valence electrons. The molecule has 0 saturated heterocycles. The van der Waals surface area contributed by atoms with E-state index < -0.39 is 24.1 Å². The van der Waals surface area contributed by atoms with Crippen LogP contribution in [0, 0.1) is 0 Å². The number of hydrogen-bond donors (Lipinski definition) is 4. The molecule has 1 radical (unpaired) electrons. The number of carboxylic acids is 2. The largest absolute Gasteiger partial charge is 1.00 e. The summed E-state index contributed by atoms with van der Waals surface area (Å²) in [5.41, 5.74) is 0. The van der Waals surface area contributed by atoms with E-state index in [1.165, 1.54) is 0 Å². The van der Waals surface area contributed by atoms with E-state index >= 15 is 0 Å². The second-order valence-corrected chi connectivity index (χ2v) is 1.57. The quantitative estimate of drug-likeness (QED) is 0.385. The minimum Gasteiger partial charge on any atom is -1.00 e. The van der Waals surface area contributed by atoms with Crippen molar-refractivity contribution in [2.24, 2.45) is 0 Å². The van der Waals surface area contributed by atoms with Gasteiger partial charge in [0.1, 0.15) is 0 Å². The van der Waals surface area contributed by atoms with E-state index in [0.29, 0.717) is 0 Å². The summed E-state index contributed by atoms with van der Waals surface area (Å²) >= 11 is 0. The van der Waals surface area contributed by atoms with Crippen LogP contribution in [-0.2, 0) is 43.1 Å². The van der Waals surface area contributed by atoms with Crippen molar-refractivity contribution in [2.75, 3.05) is 0 Å². The SMILES string of the molecule is O=C(O)C(O)C(O)C(=O)O.[Cl-].[Li+].[Mn].[Ni]. The third-order valence-corrected chi connectivity index (χ3v) is 0.805. The predicted molar refractivity (Wildman–Crippen MR) is 27.3 cm³/mol. The molecule has 2 atom stereocenters. The normalized spacial score (nSPS) is 11.3. The molecule has 0 rings (SSSR count). The maximum Gasteiger partial charge on any atom is 1.00 e. The molecule has 0 amide bonds. The topological polar surface area (TPSA) is 115 Å². The zero-order valence-corrected chi connectivity index (χ0v) is 9.76. The fourth-order valence-corrected chi connectivity index (χ4v) is 0.270. The van der Waals surface area contributed by atoms with Crippen LogP contribution in [0.25, 0.3) is 0 Å². The van der Waals surface area contributed by atoms with Gasteiger partial charge in [-0.15, -0.1) is 0 Å². The van der Waals surface area contributed by atoms with Crippen LogP contribution in [0.4, 0.5) is 0 Å². The van der Waals surface area contributed by atoms with Crippen LogP contribution >= 0.6 is 0 Å². The van der Waals surface area contributed by atoms with Crippen molar-refractivity contribution in [1.82, 2.24) is 0 Å². The van der Waals surface area contributed by atoms with Gasteiger partial charge in [-0.25, -0.2) is 9.59 Å². The van der Waals surface area contributed by atoms with Gasteiger partial charge in [-0.1, -0.05) is 0 Å². The Balaban J connectivity index is -0.0000000675. The number of aliphatic hydroxyl groups is 2. The number of carbonyl (C=O) groups is 2. The summed E-state index contributed by atoms with van der Waals surface area (Å²) in [6.07, 6.45) is -4.53. The fourth-order valence-electron chi connectivity index (χ4n) is 0.270. The van der Waals surface area contributed by atoms with Gasteiger partial charge in [-0.2, -0.15) is 0 Å². The molecule has 0 aliphatic carbocycles. The molecular weight excluding hydrogens is 300 g/mol. The summed E-state index contributed by atoms with van der Waals surface area (Å²) in [4.78, 5) is 19.5. The molecule has 14 heavy (non-hydrogen) atoms. The summed E-state index contributed by atoms with van der Waals surface area (Å²) in [5, 5.41) is 32.5. The first-order valence-corrected chi connectivity index (χ1v) is 2.28. The number of aliphatic carboxylic acids is 2. The van der Waals surface area contributed by atoms with E-state index in [4.69, 9.17) is 20.4 Å². The number of carboxylic acid groups (broad SMARTS) is 2. The van der Waals surface area contributed by atoms with E-state index in [1.54, 1.807) is 0 Å². The van der Waals surface area contributed by atoms with Gasteiger partial charge in [-0.05, 0) is 0 Å². The second kappa shape index (κ2) is 13.8. The molecule has 0 aliphatic rings. The Labute approximate surface area is 118 Å². The van der Waals surface area contributed by atoms with Gasteiger partial charge in [0.05, 0.1) is 0 Å². The van der Waals surface area contributed by atoms with Crippen molar-refractivity contribution >= 4 is 11.9 Å². The Morgan fingerprint density at radius 1 is 0.929 bits per heavy atom. The molecule has 6 nitrogen and oxygen atoms in total. The van der Waals surface area contributed by atoms with Crippen molar-refractivity contribution in [1.29, 1.82) is 0 Å². The third kappa shape index (κ3) is 10.8. The summed E-state index contributed by atoms with van der Waals surface area (Å²) < 4.78 is 0. The summed E-state index contributed by atoms with van der Waals surface area (Å²) in [7, 11) is 0. The standard InChI is InChI=1S/C4H6O6.ClH.Li.Mn.Ni/c5-1(3(7)8)2(6)4(9)10;;;;/h1-2,5-6H,(H,7,8)(H,9,10);1H;;;/q;;+1;;/p-1. The predicted octanol–water partition coefficient (Wildman–Crippen LogP) is -8.12. The van der Waals surface area contributed by atoms with Crippen LogP contribution in [0.1, 0.15) is 0 Å². The molecule has 0 aromatic heterocycles. The Kier molecular flexibility index (Phi) is 28.8. The van der Waals surface area contributed by atoms with Gasteiger partial charge in [0.2, 0.25) is 0 Å². The first-order valence-electron chi connectivity index (χ1n) is 2.28. The van der Waals surface area contributed by atoms with Gasteiger partial charge in [0.15, 0.2) is 12.2 Å². The van der Waals surface area contributed by atoms with E-state index in [-0.39, 0.29) is 64.8 Å². The molecule has 0 heterocycles. The van der Waals surface area contributed by atoms with Gasteiger partial charge in [0, 0.05) is 33.6 Å². The van der Waals surface area contributed by atoms with Crippen molar-refractivity contribution < 1.29 is 94.8 Å². The summed E-state index contributed by atoms with van der Waals surface area (Å²) in [5.74, 6) is -3.54. The second-order valence-electron chi connectivity index (χ2n) is 1.57. The molecule has 4 N–H and O–H groups in total. The van der Waals surface area contributed by atoms with E-state index in [1.807, 2.05) is 0 Å². The minimum atomic E-state index is -2.27. The molecule has 0 aromatic carbocycles. The average Bonchev–Trinajstić information content (AvgIpc) is 1.84. The van der Waals surface area contributed by atoms with Gasteiger partial charge in [0.25, 0.3) is 0 Å². The van der Waals surface area contributed by atoms with Crippen molar-refractivity contribution in [3.63, 3.8) is 0 Å². The zero-order valence-electron chi connectivity index (χ0n) is 6.83. The van der Waals surface area contributed by atoms with Crippen LogP contribution in [0.2, 0.25) is 0 Å². The number of hydrogen-bond acceptors (Lipinski definition) is 4. The first-order chi connectivity index (χ1) is 4.46.